The van der Waals surface area contributed by atoms with Crippen LogP contribution in [0.5, 0.6) is 0 Å². The standard InChI is InChI=1S/C14H16N2O2S2/c1-20(18)10-11-5-2-3-7-13(11)16-14(17)15-9-12-6-4-8-19-12/h2-8H,9-10H2,1H3,(H2,15,16,17)/t20-/m0/s1. The highest BCUT2D eigenvalue weighted by atomic mass is 32.2. The predicted molar refractivity (Wildman–Crippen MR) is 84.4 cm³/mol. The van der Waals surface area contributed by atoms with Gasteiger partial charge in [-0.15, -0.1) is 11.3 Å². The third kappa shape index (κ3) is 4.47. The molecule has 0 saturated heterocycles. The molecule has 1 heterocycles. The molecule has 2 rings (SSSR count). The van der Waals surface area contributed by atoms with E-state index in [1.165, 1.54) is 0 Å². The van der Waals surface area contributed by atoms with Crippen molar-refractivity contribution in [3.63, 3.8) is 0 Å². The van der Waals surface area contributed by atoms with Gasteiger partial charge >= 0.3 is 6.03 Å². The van der Waals surface area contributed by atoms with Gasteiger partial charge in [0.25, 0.3) is 0 Å². The van der Waals surface area contributed by atoms with Gasteiger partial charge in [0.15, 0.2) is 0 Å². The Morgan fingerprint density at radius 3 is 2.75 bits per heavy atom. The van der Waals surface area contributed by atoms with Crippen LogP contribution in [0.25, 0.3) is 0 Å². The van der Waals surface area contributed by atoms with Crippen molar-refractivity contribution in [3.05, 3.63) is 52.2 Å². The molecule has 106 valence electrons. The van der Waals surface area contributed by atoms with Gasteiger partial charge in [-0.2, -0.15) is 0 Å². The summed E-state index contributed by atoms with van der Waals surface area (Å²) in [5.41, 5.74) is 1.57. The van der Waals surface area contributed by atoms with Gasteiger partial charge in [0.2, 0.25) is 0 Å². The number of urea groups is 1. The van der Waals surface area contributed by atoms with Crippen molar-refractivity contribution >= 4 is 33.9 Å². The van der Waals surface area contributed by atoms with Crippen molar-refractivity contribution in [2.75, 3.05) is 11.6 Å². The van der Waals surface area contributed by atoms with Crippen LogP contribution in [-0.2, 0) is 23.1 Å². The van der Waals surface area contributed by atoms with Crippen molar-refractivity contribution in [3.8, 4) is 0 Å². The fourth-order valence-electron chi connectivity index (χ4n) is 1.73. The van der Waals surface area contributed by atoms with E-state index < -0.39 is 10.8 Å². The van der Waals surface area contributed by atoms with Crippen LogP contribution in [0.1, 0.15) is 10.4 Å². The monoisotopic (exact) mass is 308 g/mol. The highest BCUT2D eigenvalue weighted by Crippen LogP contribution is 2.16. The number of amides is 2. The van der Waals surface area contributed by atoms with Gasteiger partial charge in [-0.05, 0) is 23.1 Å². The molecule has 0 aliphatic rings. The molecule has 0 radical (unpaired) electrons. The number of rotatable bonds is 5. The number of thiophene rings is 1. The Labute approximate surface area is 124 Å². The Morgan fingerprint density at radius 2 is 2.05 bits per heavy atom. The molecule has 0 aliphatic carbocycles. The molecule has 0 unspecified atom stereocenters. The Kier molecular flexibility index (Phi) is 5.31. The third-order valence-corrected chi connectivity index (χ3v) is 4.22. The second-order valence-electron chi connectivity index (χ2n) is 4.26. The Balaban J connectivity index is 1.95. The number of hydrogen-bond acceptors (Lipinski definition) is 3. The fourth-order valence-corrected chi connectivity index (χ4v) is 3.07. The van der Waals surface area contributed by atoms with Crippen molar-refractivity contribution in [1.29, 1.82) is 0 Å². The molecule has 2 aromatic rings. The van der Waals surface area contributed by atoms with E-state index in [2.05, 4.69) is 10.6 Å². The first-order valence-corrected chi connectivity index (χ1v) is 8.71. The average Bonchev–Trinajstić information content (AvgIpc) is 2.91. The Bertz CT molecular complexity index is 597. The maximum Gasteiger partial charge on any atom is 0.319 e. The summed E-state index contributed by atoms with van der Waals surface area (Å²) < 4.78 is 11.3. The molecule has 0 bridgehead atoms. The molecule has 0 aliphatic heterocycles. The minimum Gasteiger partial charge on any atom is -0.333 e. The molecule has 1 atom stereocenters. The highest BCUT2D eigenvalue weighted by Gasteiger charge is 2.07. The van der Waals surface area contributed by atoms with Crippen LogP contribution in [0.2, 0.25) is 0 Å². The minimum absolute atomic E-state index is 0.257. The smallest absolute Gasteiger partial charge is 0.319 e. The van der Waals surface area contributed by atoms with Gasteiger partial charge in [0.05, 0.1) is 12.3 Å². The largest absolute Gasteiger partial charge is 0.333 e. The van der Waals surface area contributed by atoms with Crippen LogP contribution >= 0.6 is 11.3 Å². The van der Waals surface area contributed by atoms with E-state index in [1.54, 1.807) is 17.6 Å². The van der Waals surface area contributed by atoms with Crippen molar-refractivity contribution in [1.82, 2.24) is 5.32 Å². The highest BCUT2D eigenvalue weighted by molar-refractivity contribution is 7.83. The zero-order chi connectivity index (χ0) is 14.4. The molecule has 20 heavy (non-hydrogen) atoms. The molecule has 0 saturated carbocycles. The summed E-state index contributed by atoms with van der Waals surface area (Å²) in [7, 11) is -0.940. The van der Waals surface area contributed by atoms with E-state index in [1.807, 2.05) is 41.8 Å². The molecule has 0 fully saturated rings. The number of nitrogens with one attached hydrogen (secondary N) is 2. The van der Waals surface area contributed by atoms with Gasteiger partial charge in [0, 0.05) is 27.6 Å². The Morgan fingerprint density at radius 1 is 1.25 bits per heavy atom. The van der Waals surface area contributed by atoms with Crippen LogP contribution in [0.3, 0.4) is 0 Å². The maximum atomic E-state index is 11.9. The van der Waals surface area contributed by atoms with E-state index in [-0.39, 0.29) is 6.03 Å². The molecule has 1 aromatic heterocycles. The Hall–Kier alpha value is -1.66. The van der Waals surface area contributed by atoms with Gasteiger partial charge in [-0.25, -0.2) is 4.79 Å². The summed E-state index contributed by atoms with van der Waals surface area (Å²) >= 11 is 1.60. The number of carbonyl (C=O) groups is 1. The summed E-state index contributed by atoms with van der Waals surface area (Å²) in [5.74, 6) is 0.432. The lowest BCUT2D eigenvalue weighted by Crippen LogP contribution is -2.28. The van der Waals surface area contributed by atoms with E-state index in [0.29, 0.717) is 18.0 Å². The first kappa shape index (κ1) is 14.7. The van der Waals surface area contributed by atoms with Gasteiger partial charge < -0.3 is 10.6 Å². The number of carbonyl (C=O) groups excluding carboxylic acids is 1. The van der Waals surface area contributed by atoms with Crippen LogP contribution in [0.15, 0.2) is 41.8 Å². The topological polar surface area (TPSA) is 58.2 Å². The van der Waals surface area contributed by atoms with Crippen molar-refractivity contribution < 1.29 is 9.00 Å². The summed E-state index contributed by atoms with van der Waals surface area (Å²) in [6.45, 7) is 0.505. The lowest BCUT2D eigenvalue weighted by Gasteiger charge is -2.10. The van der Waals surface area contributed by atoms with Crippen molar-refractivity contribution in [2.24, 2.45) is 0 Å². The molecule has 2 N–H and O–H groups in total. The quantitative estimate of drug-likeness (QED) is 0.892. The summed E-state index contributed by atoms with van der Waals surface area (Å²) in [6.07, 6.45) is 1.65. The molecule has 2 amide bonds. The molecule has 0 spiro atoms. The first-order valence-electron chi connectivity index (χ1n) is 6.10. The summed E-state index contributed by atoms with van der Waals surface area (Å²) in [6, 6.07) is 11.1. The molecule has 4 nitrogen and oxygen atoms in total. The van der Waals surface area contributed by atoms with Gasteiger partial charge in [-0.1, -0.05) is 24.3 Å². The van der Waals surface area contributed by atoms with Crippen LogP contribution in [0, 0.1) is 0 Å². The minimum atomic E-state index is -0.940. The second kappa shape index (κ2) is 7.21. The van der Waals surface area contributed by atoms with Gasteiger partial charge in [0.1, 0.15) is 0 Å². The van der Waals surface area contributed by atoms with E-state index in [9.17, 15) is 9.00 Å². The zero-order valence-electron chi connectivity index (χ0n) is 11.1. The van der Waals surface area contributed by atoms with Crippen molar-refractivity contribution in [2.45, 2.75) is 12.3 Å². The van der Waals surface area contributed by atoms with E-state index >= 15 is 0 Å². The van der Waals surface area contributed by atoms with Crippen LogP contribution in [0.4, 0.5) is 10.5 Å². The SMILES string of the molecule is C[S@](=O)Cc1ccccc1NC(=O)NCc1cccs1. The summed E-state index contributed by atoms with van der Waals surface area (Å²) in [5, 5.41) is 7.57. The average molecular weight is 308 g/mol. The van der Waals surface area contributed by atoms with Gasteiger partial charge in [-0.3, -0.25) is 4.21 Å². The number of hydrogen-bond donors (Lipinski definition) is 2. The number of para-hydroxylation sites is 1. The van der Waals surface area contributed by atoms with Crippen LogP contribution in [-0.4, -0.2) is 16.5 Å². The third-order valence-electron chi connectivity index (χ3n) is 2.63. The fraction of sp³-hybridized carbons (Fsp3) is 0.214. The lowest BCUT2D eigenvalue weighted by atomic mass is 10.2. The van der Waals surface area contributed by atoms with E-state index in [0.717, 1.165) is 10.4 Å². The van der Waals surface area contributed by atoms with Crippen LogP contribution < -0.4 is 10.6 Å². The molecular weight excluding hydrogens is 292 g/mol. The summed E-state index contributed by atoms with van der Waals surface area (Å²) in [4.78, 5) is 13.0. The maximum absolute atomic E-state index is 11.9. The number of anilines is 1. The predicted octanol–water partition coefficient (Wildman–Crippen LogP) is 2.95. The molecule has 1 aromatic carbocycles. The number of benzene rings is 1. The normalized spacial score (nSPS) is 11.8. The molecular formula is C14H16N2O2S2. The lowest BCUT2D eigenvalue weighted by molar-refractivity contribution is 0.252. The van der Waals surface area contributed by atoms with E-state index in [4.69, 9.17) is 0 Å². The molecule has 6 heteroatoms. The zero-order valence-corrected chi connectivity index (χ0v) is 12.7. The first-order chi connectivity index (χ1) is 9.65. The second-order valence-corrected chi connectivity index (χ2v) is 6.73.